The molecule has 0 saturated heterocycles. The third-order valence-corrected chi connectivity index (χ3v) is 3.44. The average Bonchev–Trinajstić information content (AvgIpc) is 3.03. The van der Waals surface area contributed by atoms with E-state index in [1.165, 1.54) is 6.07 Å². The van der Waals surface area contributed by atoms with E-state index >= 15 is 0 Å². The molecule has 0 N–H and O–H groups in total. The zero-order valence-corrected chi connectivity index (χ0v) is 12.3. The first-order chi connectivity index (χ1) is 11.3. The van der Waals surface area contributed by atoms with Gasteiger partial charge in [-0.05, 0) is 5.56 Å². The fraction of sp³-hybridized carbons (Fsp3) is 0.200. The highest BCUT2D eigenvalue weighted by Gasteiger charge is 2.38. The Balaban J connectivity index is 1.74. The molecule has 0 aliphatic heterocycles. The number of aromatic nitrogens is 2. The first-order valence-corrected chi connectivity index (χ1v) is 6.77. The van der Waals surface area contributed by atoms with Crippen LogP contribution in [-0.2, 0) is 12.7 Å². The molecular weight excluding hydrogens is 327 g/mol. The number of nitrogens with zero attached hydrogens (tertiary/aromatic N) is 3. The van der Waals surface area contributed by atoms with Crippen LogP contribution in [0.4, 0.5) is 18.9 Å². The molecule has 1 aromatic heterocycles. The van der Waals surface area contributed by atoms with Crippen LogP contribution in [0.25, 0.3) is 11.4 Å². The number of alkyl halides is 3. The van der Waals surface area contributed by atoms with Crippen LogP contribution in [0, 0.1) is 0 Å². The number of benzene rings is 1. The van der Waals surface area contributed by atoms with E-state index in [9.17, 15) is 22.8 Å². The van der Waals surface area contributed by atoms with Crippen molar-refractivity contribution in [3.8, 4) is 11.4 Å². The summed E-state index contributed by atoms with van der Waals surface area (Å²) in [5.41, 5.74) is 0.450. The summed E-state index contributed by atoms with van der Waals surface area (Å²) in [5.74, 6) is -1.56. The minimum absolute atomic E-state index is 0.162. The molecule has 0 aliphatic carbocycles. The topological polar surface area (TPSA) is 76.3 Å². The molecule has 0 bridgehead atoms. The fourth-order valence-electron chi connectivity index (χ4n) is 2.16. The normalized spacial score (nSPS) is 11.8. The Morgan fingerprint density at radius 1 is 1.17 bits per heavy atom. The lowest BCUT2D eigenvalue weighted by Gasteiger charge is -2.19. The second kappa shape index (κ2) is 5.59. The Kier molecular flexibility index (Phi) is 3.70. The van der Waals surface area contributed by atoms with E-state index in [4.69, 9.17) is 0 Å². The highest BCUT2D eigenvalue weighted by atomic mass is 19.4. The molecule has 24 heavy (non-hydrogen) atoms. The second-order valence-electron chi connectivity index (χ2n) is 5.20. The minimum Gasteiger partial charge on any atom is -0.367 e. The van der Waals surface area contributed by atoms with E-state index in [1.807, 2.05) is 0 Å². The molecule has 3 rings (SSSR count). The van der Waals surface area contributed by atoms with E-state index in [0.717, 1.165) is 5.56 Å². The average molecular weight is 337 g/mol. The van der Waals surface area contributed by atoms with E-state index in [1.54, 1.807) is 36.2 Å². The third-order valence-electron chi connectivity index (χ3n) is 3.44. The maximum atomic E-state index is 12.4. The Labute approximate surface area is 132 Å². The third kappa shape index (κ3) is 2.92. The summed E-state index contributed by atoms with van der Waals surface area (Å²) in [4.78, 5) is 27.2. The smallest absolute Gasteiger partial charge is 0.367 e. The maximum absolute atomic E-state index is 12.4. The standard InChI is InChI=1S/C15H10F3N3O3/c1-21(10-6-11(22)12(10)23)7-8-2-4-9(5-3-8)13-19-14(24-20-13)15(16,17)18/h2-6H,7H2,1H3. The fourth-order valence-corrected chi connectivity index (χ4v) is 2.16. The second-order valence-corrected chi connectivity index (χ2v) is 5.20. The van der Waals surface area contributed by atoms with Gasteiger partial charge in [0.05, 0.1) is 5.69 Å². The quantitative estimate of drug-likeness (QED) is 0.678. The van der Waals surface area contributed by atoms with Crippen molar-refractivity contribution < 1.29 is 17.7 Å². The van der Waals surface area contributed by atoms with Crippen LogP contribution in [0.5, 0.6) is 0 Å². The zero-order chi connectivity index (χ0) is 17.5. The minimum atomic E-state index is -4.69. The van der Waals surface area contributed by atoms with E-state index < -0.39 is 22.9 Å². The summed E-state index contributed by atoms with van der Waals surface area (Å²) in [5, 5.41) is 3.30. The molecule has 0 unspecified atom stereocenters. The molecule has 1 heterocycles. The van der Waals surface area contributed by atoms with Gasteiger partial charge in [-0.1, -0.05) is 29.4 Å². The molecule has 3 aromatic rings. The molecule has 0 fully saturated rings. The van der Waals surface area contributed by atoms with Gasteiger partial charge in [-0.3, -0.25) is 9.59 Å². The van der Waals surface area contributed by atoms with Crippen LogP contribution in [-0.4, -0.2) is 17.2 Å². The van der Waals surface area contributed by atoms with Gasteiger partial charge in [-0.15, -0.1) is 0 Å². The number of halogens is 3. The predicted molar refractivity (Wildman–Crippen MR) is 78.2 cm³/mol. The maximum Gasteiger partial charge on any atom is 0.471 e. The first kappa shape index (κ1) is 15.9. The van der Waals surface area contributed by atoms with Gasteiger partial charge in [0.2, 0.25) is 16.7 Å². The largest absolute Gasteiger partial charge is 0.471 e. The van der Waals surface area contributed by atoms with Crippen LogP contribution in [0.1, 0.15) is 11.5 Å². The van der Waals surface area contributed by atoms with Crippen molar-refractivity contribution in [3.63, 3.8) is 0 Å². The van der Waals surface area contributed by atoms with Gasteiger partial charge in [0, 0.05) is 25.2 Å². The van der Waals surface area contributed by atoms with Gasteiger partial charge in [0.1, 0.15) is 0 Å². The van der Waals surface area contributed by atoms with Gasteiger partial charge in [-0.2, -0.15) is 18.2 Å². The molecule has 0 radical (unpaired) electrons. The van der Waals surface area contributed by atoms with Gasteiger partial charge in [0.15, 0.2) is 0 Å². The molecule has 6 nitrogen and oxygen atoms in total. The SMILES string of the molecule is CN(Cc1ccc(-c2noc(C(F)(F)F)n2)cc1)c1cc(=O)c1=O. The van der Waals surface area contributed by atoms with Crippen molar-refractivity contribution in [3.05, 3.63) is 62.2 Å². The summed E-state index contributed by atoms with van der Waals surface area (Å²) < 4.78 is 41.5. The first-order valence-electron chi connectivity index (χ1n) is 6.77. The summed E-state index contributed by atoms with van der Waals surface area (Å²) in [6, 6.07) is 7.70. The summed E-state index contributed by atoms with van der Waals surface area (Å²) >= 11 is 0. The van der Waals surface area contributed by atoms with Gasteiger partial charge in [0.25, 0.3) is 0 Å². The van der Waals surface area contributed by atoms with E-state index in [-0.39, 0.29) is 5.82 Å². The van der Waals surface area contributed by atoms with Gasteiger partial charge < -0.3 is 9.42 Å². The van der Waals surface area contributed by atoms with Crippen LogP contribution in [0.15, 0.2) is 44.4 Å². The highest BCUT2D eigenvalue weighted by molar-refractivity contribution is 5.55. The molecule has 2 aromatic carbocycles. The predicted octanol–water partition coefficient (Wildman–Crippen LogP) is 1.99. The summed E-state index contributed by atoms with van der Waals surface area (Å²) in [6.07, 6.45) is -4.69. The molecule has 0 saturated carbocycles. The van der Waals surface area contributed by atoms with Crippen molar-refractivity contribution in [1.29, 1.82) is 0 Å². The number of anilines is 1. The number of hydrogen-bond donors (Lipinski definition) is 0. The molecule has 124 valence electrons. The van der Waals surface area contributed by atoms with Crippen molar-refractivity contribution in [2.75, 3.05) is 11.9 Å². The van der Waals surface area contributed by atoms with Crippen LogP contribution < -0.4 is 15.8 Å². The molecular formula is C15H10F3N3O3. The van der Waals surface area contributed by atoms with Crippen LogP contribution >= 0.6 is 0 Å². The van der Waals surface area contributed by atoms with Crippen LogP contribution in [0.2, 0.25) is 0 Å². The summed E-state index contributed by atoms with van der Waals surface area (Å²) in [7, 11) is 1.67. The van der Waals surface area contributed by atoms with Crippen molar-refractivity contribution >= 4 is 5.69 Å². The van der Waals surface area contributed by atoms with Gasteiger partial charge in [-0.25, -0.2) is 0 Å². The van der Waals surface area contributed by atoms with Crippen molar-refractivity contribution in [1.82, 2.24) is 10.1 Å². The Bertz CT molecular complexity index is 937. The Hall–Kier alpha value is -2.97. The molecule has 0 spiro atoms. The van der Waals surface area contributed by atoms with Crippen LogP contribution in [0.3, 0.4) is 0 Å². The molecule has 0 atom stereocenters. The lowest BCUT2D eigenvalue weighted by molar-refractivity contribution is -0.159. The number of rotatable bonds is 4. The molecule has 9 heteroatoms. The Morgan fingerprint density at radius 3 is 2.33 bits per heavy atom. The Morgan fingerprint density at radius 2 is 1.83 bits per heavy atom. The van der Waals surface area contributed by atoms with Crippen molar-refractivity contribution in [2.45, 2.75) is 12.7 Å². The monoisotopic (exact) mass is 337 g/mol. The number of hydrogen-bond acceptors (Lipinski definition) is 6. The van der Waals surface area contributed by atoms with Gasteiger partial charge >= 0.3 is 12.1 Å². The molecule has 0 aliphatic rings. The lowest BCUT2D eigenvalue weighted by Crippen LogP contribution is -2.37. The summed E-state index contributed by atoms with van der Waals surface area (Å²) in [6.45, 7) is 0.366. The molecule has 0 amide bonds. The zero-order valence-electron chi connectivity index (χ0n) is 12.3. The lowest BCUT2D eigenvalue weighted by atomic mass is 10.1. The van der Waals surface area contributed by atoms with Crippen molar-refractivity contribution in [2.24, 2.45) is 0 Å². The van der Waals surface area contributed by atoms with E-state index in [0.29, 0.717) is 17.8 Å². The van der Waals surface area contributed by atoms with E-state index in [2.05, 4.69) is 14.7 Å². The highest BCUT2D eigenvalue weighted by Crippen LogP contribution is 2.29.